The van der Waals surface area contributed by atoms with Crippen molar-refractivity contribution >= 4 is 21.7 Å². The third-order valence-corrected chi connectivity index (χ3v) is 2.25. The molecular weight excluding hydrogens is 232 g/mol. The van der Waals surface area contributed by atoms with Crippen LogP contribution in [0.3, 0.4) is 0 Å². The van der Waals surface area contributed by atoms with Gasteiger partial charge < -0.3 is 5.11 Å². The van der Waals surface area contributed by atoms with Gasteiger partial charge in [-0.05, 0) is 18.6 Å². The molecule has 0 unspecified atom stereocenters. The Morgan fingerprint density at radius 2 is 2.23 bits per heavy atom. The van der Waals surface area contributed by atoms with E-state index in [0.29, 0.717) is 17.3 Å². The monoisotopic (exact) mass is 242 g/mol. The highest BCUT2D eigenvalue weighted by atomic mass is 79.9. The summed E-state index contributed by atoms with van der Waals surface area (Å²) in [6, 6.07) is 5.00. The molecule has 0 bridgehead atoms. The number of benzene rings is 1. The van der Waals surface area contributed by atoms with Gasteiger partial charge in [-0.1, -0.05) is 28.1 Å². The van der Waals surface area contributed by atoms with Gasteiger partial charge in [0.25, 0.3) is 0 Å². The molecule has 0 aromatic heterocycles. The van der Waals surface area contributed by atoms with Crippen molar-refractivity contribution in [1.82, 2.24) is 0 Å². The zero-order chi connectivity index (χ0) is 9.84. The molecule has 1 N–H and O–H groups in total. The summed E-state index contributed by atoms with van der Waals surface area (Å²) in [6.07, 6.45) is 0.461. The number of ketones is 1. The molecule has 0 aliphatic carbocycles. The van der Waals surface area contributed by atoms with Crippen LogP contribution < -0.4 is 0 Å². The van der Waals surface area contributed by atoms with Crippen LogP contribution in [0.15, 0.2) is 18.2 Å². The van der Waals surface area contributed by atoms with Gasteiger partial charge in [-0.15, -0.1) is 0 Å². The number of alkyl halides is 1. The van der Waals surface area contributed by atoms with Gasteiger partial charge in [-0.2, -0.15) is 0 Å². The second-order valence-electron chi connectivity index (χ2n) is 2.86. The summed E-state index contributed by atoms with van der Waals surface area (Å²) >= 11 is 3.20. The summed E-state index contributed by atoms with van der Waals surface area (Å²) in [6.45, 7) is 1.80. The lowest BCUT2D eigenvalue weighted by Crippen LogP contribution is -1.99. The smallest absolute Gasteiger partial charge is 0.163 e. The topological polar surface area (TPSA) is 37.3 Å². The van der Waals surface area contributed by atoms with E-state index < -0.39 is 0 Å². The number of halogens is 1. The van der Waals surface area contributed by atoms with Crippen LogP contribution >= 0.6 is 15.9 Å². The van der Waals surface area contributed by atoms with Gasteiger partial charge in [0.2, 0.25) is 0 Å². The highest BCUT2D eigenvalue weighted by Gasteiger charge is 2.06. The number of Topliss-reactive ketones (excluding diaryl/α,β-unsaturated/α-hetero) is 1. The fourth-order valence-electron chi connectivity index (χ4n) is 1.01. The van der Waals surface area contributed by atoms with Crippen LogP contribution in [-0.4, -0.2) is 16.2 Å². The molecular formula is C10H11BrO2. The maximum absolute atomic E-state index is 11.4. The summed E-state index contributed by atoms with van der Waals surface area (Å²) in [5.41, 5.74) is 1.36. The quantitative estimate of drug-likeness (QED) is 0.654. The summed E-state index contributed by atoms with van der Waals surface area (Å²) in [5, 5.41) is 10.0. The van der Waals surface area contributed by atoms with E-state index >= 15 is 0 Å². The van der Waals surface area contributed by atoms with E-state index in [0.717, 1.165) is 5.56 Å². The summed E-state index contributed by atoms with van der Waals surface area (Å²) in [4.78, 5) is 11.4. The molecule has 0 radical (unpaired) electrons. The number of rotatable bonds is 3. The van der Waals surface area contributed by atoms with Gasteiger partial charge in [0.05, 0.1) is 0 Å². The Bertz CT molecular complexity index is 321. The van der Waals surface area contributed by atoms with Crippen molar-refractivity contribution in [3.8, 4) is 5.75 Å². The molecule has 0 fully saturated rings. The fourth-order valence-corrected chi connectivity index (χ4v) is 1.37. The van der Waals surface area contributed by atoms with Crippen molar-refractivity contribution in [3.05, 3.63) is 29.3 Å². The van der Waals surface area contributed by atoms with Crippen molar-refractivity contribution in [3.63, 3.8) is 0 Å². The molecule has 0 amide bonds. The van der Waals surface area contributed by atoms with Crippen molar-refractivity contribution in [1.29, 1.82) is 0 Å². The largest absolute Gasteiger partial charge is 0.508 e. The molecule has 0 aliphatic heterocycles. The number of carbonyl (C=O) groups is 1. The predicted octanol–water partition coefficient (Wildman–Crippen LogP) is 2.67. The number of hydrogen-bond acceptors (Lipinski definition) is 2. The van der Waals surface area contributed by atoms with Gasteiger partial charge in [0, 0.05) is 17.3 Å². The van der Waals surface area contributed by atoms with Crippen LogP contribution in [0, 0.1) is 6.92 Å². The number of aromatic hydroxyl groups is 1. The standard InChI is InChI=1S/C10H11BrO2/c1-7-2-3-8(6-10(7)13)9(12)4-5-11/h2-3,6,13H,4-5H2,1H3. The molecule has 2 nitrogen and oxygen atoms in total. The van der Waals surface area contributed by atoms with E-state index in [4.69, 9.17) is 0 Å². The first-order valence-electron chi connectivity index (χ1n) is 4.04. The Morgan fingerprint density at radius 3 is 2.77 bits per heavy atom. The van der Waals surface area contributed by atoms with E-state index in [1.165, 1.54) is 6.07 Å². The molecule has 1 aromatic carbocycles. The average Bonchev–Trinajstić information content (AvgIpc) is 2.10. The van der Waals surface area contributed by atoms with E-state index in [2.05, 4.69) is 15.9 Å². The second-order valence-corrected chi connectivity index (χ2v) is 3.66. The lowest BCUT2D eigenvalue weighted by atomic mass is 10.1. The molecule has 70 valence electrons. The van der Waals surface area contributed by atoms with Crippen LogP contribution in [0.1, 0.15) is 22.3 Å². The number of phenols is 1. The van der Waals surface area contributed by atoms with Crippen molar-refractivity contribution in [2.45, 2.75) is 13.3 Å². The van der Waals surface area contributed by atoms with Gasteiger partial charge >= 0.3 is 0 Å². The maximum atomic E-state index is 11.4. The van der Waals surface area contributed by atoms with Crippen LogP contribution in [0.25, 0.3) is 0 Å². The molecule has 1 aromatic rings. The van der Waals surface area contributed by atoms with Gasteiger partial charge in [0.15, 0.2) is 5.78 Å². The number of aryl methyl sites for hydroxylation is 1. The van der Waals surface area contributed by atoms with Crippen molar-refractivity contribution < 1.29 is 9.90 Å². The number of carbonyl (C=O) groups excluding carboxylic acids is 1. The Morgan fingerprint density at radius 1 is 1.54 bits per heavy atom. The minimum atomic E-state index is 0.0483. The lowest BCUT2D eigenvalue weighted by Gasteiger charge is -2.01. The molecule has 1 rings (SSSR count). The molecule has 13 heavy (non-hydrogen) atoms. The number of hydrogen-bond donors (Lipinski definition) is 1. The predicted molar refractivity (Wildman–Crippen MR) is 55.6 cm³/mol. The van der Waals surface area contributed by atoms with Gasteiger partial charge in [0.1, 0.15) is 5.75 Å². The molecule has 0 saturated carbocycles. The SMILES string of the molecule is Cc1ccc(C(=O)CCBr)cc1O. The van der Waals surface area contributed by atoms with E-state index in [9.17, 15) is 9.90 Å². The van der Waals surface area contributed by atoms with E-state index in [1.54, 1.807) is 19.1 Å². The first kappa shape index (κ1) is 10.3. The molecule has 0 aliphatic rings. The third-order valence-electron chi connectivity index (χ3n) is 1.85. The van der Waals surface area contributed by atoms with E-state index in [-0.39, 0.29) is 11.5 Å². The maximum Gasteiger partial charge on any atom is 0.163 e. The Labute approximate surface area is 85.7 Å². The summed E-state index contributed by atoms with van der Waals surface area (Å²) in [7, 11) is 0. The molecule has 0 spiro atoms. The molecule has 0 saturated heterocycles. The highest BCUT2D eigenvalue weighted by molar-refractivity contribution is 9.09. The molecule has 0 atom stereocenters. The highest BCUT2D eigenvalue weighted by Crippen LogP contribution is 2.18. The number of phenolic OH excluding ortho intramolecular Hbond substituents is 1. The minimum absolute atomic E-state index is 0.0483. The summed E-state index contributed by atoms with van der Waals surface area (Å²) in [5.74, 6) is 0.229. The zero-order valence-corrected chi connectivity index (χ0v) is 8.97. The Hall–Kier alpha value is -0.830. The Balaban J connectivity index is 2.90. The average molecular weight is 243 g/mol. The summed E-state index contributed by atoms with van der Waals surface area (Å²) < 4.78 is 0. The fraction of sp³-hybridized carbons (Fsp3) is 0.300. The molecule has 3 heteroatoms. The second kappa shape index (κ2) is 4.42. The first-order valence-corrected chi connectivity index (χ1v) is 5.16. The third kappa shape index (κ3) is 2.56. The lowest BCUT2D eigenvalue weighted by molar-refractivity contribution is 0.0989. The van der Waals surface area contributed by atoms with Crippen molar-refractivity contribution in [2.75, 3.05) is 5.33 Å². The first-order chi connectivity index (χ1) is 6.15. The van der Waals surface area contributed by atoms with Gasteiger partial charge in [-0.3, -0.25) is 4.79 Å². The Kier molecular flexibility index (Phi) is 3.48. The normalized spacial score (nSPS) is 10.0. The van der Waals surface area contributed by atoms with Crippen molar-refractivity contribution in [2.24, 2.45) is 0 Å². The van der Waals surface area contributed by atoms with Crippen LogP contribution in [-0.2, 0) is 0 Å². The van der Waals surface area contributed by atoms with Crippen LogP contribution in [0.2, 0.25) is 0 Å². The zero-order valence-electron chi connectivity index (χ0n) is 7.38. The van der Waals surface area contributed by atoms with Gasteiger partial charge in [-0.25, -0.2) is 0 Å². The van der Waals surface area contributed by atoms with Crippen LogP contribution in [0.5, 0.6) is 5.75 Å². The minimum Gasteiger partial charge on any atom is -0.508 e. The molecule has 0 heterocycles. The van der Waals surface area contributed by atoms with E-state index in [1.807, 2.05) is 0 Å². The van der Waals surface area contributed by atoms with Crippen LogP contribution in [0.4, 0.5) is 0 Å².